The van der Waals surface area contributed by atoms with Crippen LogP contribution in [-0.4, -0.2) is 22.5 Å². The number of hydrogen-bond acceptors (Lipinski definition) is 2. The van der Waals surface area contributed by atoms with Crippen molar-refractivity contribution in [2.45, 2.75) is 44.6 Å². The summed E-state index contributed by atoms with van der Waals surface area (Å²) in [5.74, 6) is -1.09. The van der Waals surface area contributed by atoms with Crippen LogP contribution in [0.3, 0.4) is 0 Å². The molecular weight excluding hydrogens is 194 g/mol. The molecule has 0 radical (unpaired) electrons. The molecular formula is C11H15NO3. The van der Waals surface area contributed by atoms with Crippen LogP contribution in [0.25, 0.3) is 0 Å². The molecule has 0 aromatic rings. The molecule has 4 heteroatoms. The summed E-state index contributed by atoms with van der Waals surface area (Å²) < 4.78 is 0. The summed E-state index contributed by atoms with van der Waals surface area (Å²) in [5, 5.41) is 11.6. The predicted molar refractivity (Wildman–Crippen MR) is 54.3 cm³/mol. The Kier molecular flexibility index (Phi) is 2.29. The van der Waals surface area contributed by atoms with E-state index >= 15 is 0 Å². The molecule has 0 aromatic heterocycles. The van der Waals surface area contributed by atoms with E-state index in [-0.39, 0.29) is 5.91 Å². The maximum atomic E-state index is 11.8. The van der Waals surface area contributed by atoms with Gasteiger partial charge in [-0.05, 0) is 39.0 Å². The van der Waals surface area contributed by atoms with Gasteiger partial charge in [0.15, 0.2) is 0 Å². The second kappa shape index (κ2) is 3.36. The van der Waals surface area contributed by atoms with Crippen LogP contribution in [0.2, 0.25) is 0 Å². The van der Waals surface area contributed by atoms with Crippen LogP contribution in [0.1, 0.15) is 39.0 Å². The molecule has 1 saturated carbocycles. The molecule has 82 valence electrons. The molecule has 1 amide bonds. The minimum atomic E-state index is -0.951. The van der Waals surface area contributed by atoms with Gasteiger partial charge in [0, 0.05) is 5.57 Å². The summed E-state index contributed by atoms with van der Waals surface area (Å²) in [4.78, 5) is 22.7. The fourth-order valence-electron chi connectivity index (χ4n) is 2.01. The summed E-state index contributed by atoms with van der Waals surface area (Å²) >= 11 is 0. The smallest absolute Gasteiger partial charge is 0.329 e. The predicted octanol–water partition coefficient (Wildman–Crippen LogP) is 1.22. The summed E-state index contributed by atoms with van der Waals surface area (Å²) in [6.07, 6.45) is 3.87. The second-order valence-corrected chi connectivity index (χ2v) is 4.45. The van der Waals surface area contributed by atoms with Crippen molar-refractivity contribution in [3.05, 3.63) is 11.1 Å². The van der Waals surface area contributed by atoms with Gasteiger partial charge in [-0.15, -0.1) is 0 Å². The van der Waals surface area contributed by atoms with E-state index < -0.39 is 11.5 Å². The number of nitrogens with one attached hydrogen (secondary N) is 1. The van der Waals surface area contributed by atoms with Crippen molar-refractivity contribution in [2.75, 3.05) is 0 Å². The van der Waals surface area contributed by atoms with E-state index in [4.69, 9.17) is 5.11 Å². The van der Waals surface area contributed by atoms with E-state index in [0.717, 1.165) is 30.4 Å². The molecule has 0 saturated heterocycles. The molecule has 2 aliphatic carbocycles. The van der Waals surface area contributed by atoms with Crippen molar-refractivity contribution < 1.29 is 14.7 Å². The lowest BCUT2D eigenvalue weighted by atomic mass is 10.1. The second-order valence-electron chi connectivity index (χ2n) is 4.45. The standard InChI is InChI=1S/C11H15NO3/c1-7-3-2-4-8(7)9(13)12-11(5-6-11)10(14)15/h2-6H2,1H3,(H,12,13)(H,14,15). The van der Waals surface area contributed by atoms with Gasteiger partial charge in [0.05, 0.1) is 0 Å². The summed E-state index contributed by atoms with van der Waals surface area (Å²) in [6, 6.07) is 0. The van der Waals surface area contributed by atoms with Crippen molar-refractivity contribution in [2.24, 2.45) is 0 Å². The first-order valence-corrected chi connectivity index (χ1v) is 5.30. The zero-order valence-electron chi connectivity index (χ0n) is 8.80. The number of hydrogen-bond donors (Lipinski definition) is 2. The number of carboxylic acid groups (broad SMARTS) is 1. The molecule has 1 fully saturated rings. The van der Waals surface area contributed by atoms with Crippen molar-refractivity contribution in [3.8, 4) is 0 Å². The number of aliphatic carboxylic acids is 1. The van der Waals surface area contributed by atoms with Crippen LogP contribution in [0, 0.1) is 0 Å². The normalized spacial score (nSPS) is 22.7. The minimum Gasteiger partial charge on any atom is -0.480 e. The van der Waals surface area contributed by atoms with Gasteiger partial charge in [-0.1, -0.05) is 5.57 Å². The van der Waals surface area contributed by atoms with E-state index in [0.29, 0.717) is 12.8 Å². The Morgan fingerprint density at radius 2 is 2.00 bits per heavy atom. The summed E-state index contributed by atoms with van der Waals surface area (Å²) in [5.41, 5.74) is 0.948. The third-order valence-corrected chi connectivity index (χ3v) is 3.28. The number of carboxylic acids is 1. The fraction of sp³-hybridized carbons (Fsp3) is 0.636. The maximum Gasteiger partial charge on any atom is 0.329 e. The molecule has 0 heterocycles. The number of amides is 1. The Morgan fingerprint density at radius 3 is 2.40 bits per heavy atom. The highest BCUT2D eigenvalue weighted by Gasteiger charge is 2.51. The van der Waals surface area contributed by atoms with Crippen molar-refractivity contribution in [3.63, 3.8) is 0 Å². The molecule has 4 nitrogen and oxygen atoms in total. The van der Waals surface area contributed by atoms with E-state index in [2.05, 4.69) is 5.32 Å². The third kappa shape index (κ3) is 1.76. The molecule has 0 aliphatic heterocycles. The van der Waals surface area contributed by atoms with Gasteiger partial charge in [0.1, 0.15) is 5.54 Å². The SMILES string of the molecule is CC1=C(C(=O)NC2(C(=O)O)CC2)CCC1. The molecule has 0 atom stereocenters. The average Bonchev–Trinajstić information content (AvgIpc) is 2.82. The monoisotopic (exact) mass is 209 g/mol. The minimum absolute atomic E-state index is 0.176. The molecule has 2 aliphatic rings. The first-order valence-electron chi connectivity index (χ1n) is 5.30. The lowest BCUT2D eigenvalue weighted by Crippen LogP contribution is -2.43. The highest BCUT2D eigenvalue weighted by Crippen LogP contribution is 2.36. The number of carbonyl (C=O) groups excluding carboxylic acids is 1. The lowest BCUT2D eigenvalue weighted by molar-refractivity contribution is -0.142. The number of rotatable bonds is 3. The quantitative estimate of drug-likeness (QED) is 0.734. The van der Waals surface area contributed by atoms with Crippen molar-refractivity contribution in [1.82, 2.24) is 5.32 Å². The largest absolute Gasteiger partial charge is 0.480 e. The van der Waals surface area contributed by atoms with Crippen LogP contribution in [0.5, 0.6) is 0 Å². The first kappa shape index (κ1) is 10.2. The Balaban J connectivity index is 2.05. The van der Waals surface area contributed by atoms with Crippen LogP contribution < -0.4 is 5.32 Å². The van der Waals surface area contributed by atoms with Crippen LogP contribution in [0.15, 0.2) is 11.1 Å². The average molecular weight is 209 g/mol. The van der Waals surface area contributed by atoms with Gasteiger partial charge in [0.25, 0.3) is 0 Å². The molecule has 0 spiro atoms. The van der Waals surface area contributed by atoms with Crippen LogP contribution in [0.4, 0.5) is 0 Å². The van der Waals surface area contributed by atoms with Gasteiger partial charge in [-0.25, -0.2) is 4.79 Å². The van der Waals surface area contributed by atoms with Crippen LogP contribution >= 0.6 is 0 Å². The topological polar surface area (TPSA) is 66.4 Å². The lowest BCUT2D eigenvalue weighted by Gasteiger charge is -2.13. The Bertz CT molecular complexity index is 353. The van der Waals surface area contributed by atoms with Gasteiger partial charge in [-0.2, -0.15) is 0 Å². The van der Waals surface area contributed by atoms with E-state index in [1.165, 1.54) is 0 Å². The van der Waals surface area contributed by atoms with E-state index in [1.807, 2.05) is 6.92 Å². The van der Waals surface area contributed by atoms with Crippen molar-refractivity contribution in [1.29, 1.82) is 0 Å². The Hall–Kier alpha value is -1.32. The van der Waals surface area contributed by atoms with E-state index in [1.54, 1.807) is 0 Å². The van der Waals surface area contributed by atoms with Gasteiger partial charge in [-0.3, -0.25) is 4.79 Å². The molecule has 0 bridgehead atoms. The highest BCUT2D eigenvalue weighted by molar-refractivity contribution is 5.99. The fourth-order valence-corrected chi connectivity index (χ4v) is 2.01. The molecule has 0 aromatic carbocycles. The van der Waals surface area contributed by atoms with Gasteiger partial charge < -0.3 is 10.4 Å². The zero-order chi connectivity index (χ0) is 11.1. The molecule has 0 unspecified atom stereocenters. The summed E-state index contributed by atoms with van der Waals surface area (Å²) in [6.45, 7) is 1.95. The molecule has 2 rings (SSSR count). The zero-order valence-corrected chi connectivity index (χ0v) is 8.80. The highest BCUT2D eigenvalue weighted by atomic mass is 16.4. The molecule has 15 heavy (non-hydrogen) atoms. The third-order valence-electron chi connectivity index (χ3n) is 3.28. The maximum absolute atomic E-state index is 11.8. The number of carbonyl (C=O) groups is 2. The first-order chi connectivity index (χ1) is 7.05. The van der Waals surface area contributed by atoms with Gasteiger partial charge >= 0.3 is 5.97 Å². The Labute approximate surface area is 88.4 Å². The van der Waals surface area contributed by atoms with Gasteiger partial charge in [0.2, 0.25) is 5.91 Å². The van der Waals surface area contributed by atoms with Crippen molar-refractivity contribution >= 4 is 11.9 Å². The number of allylic oxidation sites excluding steroid dienone is 1. The van der Waals surface area contributed by atoms with Crippen LogP contribution in [-0.2, 0) is 9.59 Å². The summed E-state index contributed by atoms with van der Waals surface area (Å²) in [7, 11) is 0. The van der Waals surface area contributed by atoms with E-state index in [9.17, 15) is 9.59 Å². The molecule has 2 N–H and O–H groups in total. The Morgan fingerprint density at radius 1 is 1.33 bits per heavy atom.